The highest BCUT2D eigenvalue weighted by Gasteiger charge is 2.12. The molecule has 0 fully saturated rings. The molecule has 3 atom stereocenters. The molecule has 2 aliphatic rings. The molecule has 0 saturated carbocycles. The molecular weight excluding hydrogens is 483 g/mol. The van der Waals surface area contributed by atoms with Gasteiger partial charge in [-0.25, -0.2) is 0 Å². The standard InChI is InChI=1S/C20H35N3.C9H16NP.2C2H6/c1-6-18(11-8-10-17(3)14-21-4)15-23(5)16-20-13-9-12-19(7-2)22-20;1-3-8-5-4-6-9(11-8)7-10-2;2*1-2/h8-13,17,20-22H,6-7,14-16H2,1-5H3;4,6,8,10H,3,5,7H2,1-2H3;2*1-2H3/b10-8-,18-11+;;;. The largest absolute Gasteiger partial charge is 0.381 e. The van der Waals surface area contributed by atoms with Crippen LogP contribution in [0.3, 0.4) is 0 Å². The van der Waals surface area contributed by atoms with E-state index in [1.807, 2.05) is 41.8 Å². The maximum atomic E-state index is 3.59. The molecule has 220 valence electrons. The van der Waals surface area contributed by atoms with Gasteiger partial charge in [0.15, 0.2) is 0 Å². The van der Waals surface area contributed by atoms with E-state index in [9.17, 15) is 0 Å². The molecule has 3 N–H and O–H groups in total. The molecule has 2 aliphatic heterocycles. The van der Waals surface area contributed by atoms with Gasteiger partial charge < -0.3 is 20.9 Å². The zero-order valence-electron chi connectivity index (χ0n) is 26.9. The molecule has 38 heavy (non-hydrogen) atoms. The van der Waals surface area contributed by atoms with Crippen LogP contribution in [0.25, 0.3) is 0 Å². The maximum absolute atomic E-state index is 3.59. The summed E-state index contributed by atoms with van der Waals surface area (Å²) in [4.78, 5) is 2.40. The van der Waals surface area contributed by atoms with Crippen molar-refractivity contribution in [2.45, 2.75) is 92.8 Å². The van der Waals surface area contributed by atoms with Crippen LogP contribution in [0.4, 0.5) is 0 Å². The van der Waals surface area contributed by atoms with E-state index in [1.54, 1.807) is 8.20 Å². The number of allylic oxidation sites excluding steroid dienone is 6. The SMILES string of the molecule is CC.CC.CCC1=CC=CC(CN(C)C/C(=C/C=C\C(C)CNC)CC)N1.CCC1CC=CC(CNC)=P1. The van der Waals surface area contributed by atoms with E-state index in [1.165, 1.54) is 29.4 Å². The second-order valence-electron chi connectivity index (χ2n) is 9.33. The van der Waals surface area contributed by atoms with E-state index < -0.39 is 0 Å². The summed E-state index contributed by atoms with van der Waals surface area (Å²) in [6.45, 7) is 21.1. The summed E-state index contributed by atoms with van der Waals surface area (Å²) in [5, 5.41) is 11.5. The summed E-state index contributed by atoms with van der Waals surface area (Å²) in [7, 11) is 7.75. The van der Waals surface area contributed by atoms with Crippen molar-refractivity contribution < 1.29 is 0 Å². The van der Waals surface area contributed by atoms with Crippen molar-refractivity contribution in [2.75, 3.05) is 47.3 Å². The molecular formula is C33H63N4P. The first kappa shape index (κ1) is 38.7. The number of likely N-dealkylation sites (N-methyl/N-ethyl adjacent to an activating group) is 1. The molecule has 0 aromatic carbocycles. The summed E-state index contributed by atoms with van der Waals surface area (Å²) < 4.78 is 0. The first-order valence-corrected chi connectivity index (χ1v) is 16.1. The molecule has 0 saturated heterocycles. The highest BCUT2D eigenvalue weighted by atomic mass is 31.1. The van der Waals surface area contributed by atoms with Gasteiger partial charge in [-0.1, -0.05) is 112 Å². The van der Waals surface area contributed by atoms with E-state index in [2.05, 4.69) is 104 Å². The van der Waals surface area contributed by atoms with Crippen LogP contribution in [0.15, 0.2) is 59.9 Å². The number of hydrogen-bond acceptors (Lipinski definition) is 4. The maximum Gasteiger partial charge on any atom is 0.0571 e. The smallest absolute Gasteiger partial charge is 0.0571 e. The third-order valence-electron chi connectivity index (χ3n) is 6.02. The van der Waals surface area contributed by atoms with E-state index in [4.69, 9.17) is 0 Å². The Balaban J connectivity index is 0. The molecule has 0 amide bonds. The summed E-state index contributed by atoms with van der Waals surface area (Å²) in [5.74, 6) is 0.572. The lowest BCUT2D eigenvalue weighted by Crippen LogP contribution is -2.39. The Morgan fingerprint density at radius 3 is 2.45 bits per heavy atom. The summed E-state index contributed by atoms with van der Waals surface area (Å²) in [5.41, 5.74) is 3.69. The lowest BCUT2D eigenvalue weighted by atomic mass is 10.1. The van der Waals surface area contributed by atoms with Gasteiger partial charge in [0.25, 0.3) is 0 Å². The van der Waals surface area contributed by atoms with Crippen LogP contribution < -0.4 is 16.0 Å². The van der Waals surface area contributed by atoms with Crippen LogP contribution in [0, 0.1) is 5.92 Å². The predicted molar refractivity (Wildman–Crippen MR) is 179 cm³/mol. The van der Waals surface area contributed by atoms with Gasteiger partial charge in [-0.3, -0.25) is 0 Å². The van der Waals surface area contributed by atoms with Gasteiger partial charge in [0, 0.05) is 37.5 Å². The Bertz CT molecular complexity index is 733. The van der Waals surface area contributed by atoms with E-state index in [0.29, 0.717) is 12.0 Å². The van der Waals surface area contributed by atoms with E-state index in [-0.39, 0.29) is 0 Å². The molecule has 0 aromatic heterocycles. The first-order chi connectivity index (χ1) is 18.4. The molecule has 0 radical (unpaired) electrons. The highest BCUT2D eigenvalue weighted by Crippen LogP contribution is 2.22. The second kappa shape index (κ2) is 27.1. The third-order valence-corrected chi connectivity index (χ3v) is 7.60. The van der Waals surface area contributed by atoms with Crippen LogP contribution >= 0.6 is 8.20 Å². The van der Waals surface area contributed by atoms with Gasteiger partial charge in [0.1, 0.15) is 0 Å². The van der Waals surface area contributed by atoms with Crippen LogP contribution in [-0.2, 0) is 0 Å². The molecule has 0 bridgehead atoms. The molecule has 2 rings (SSSR count). The van der Waals surface area contributed by atoms with Crippen molar-refractivity contribution >= 4 is 13.5 Å². The Hall–Kier alpha value is -1.45. The van der Waals surface area contributed by atoms with Crippen molar-refractivity contribution in [3.63, 3.8) is 0 Å². The predicted octanol–water partition coefficient (Wildman–Crippen LogP) is 7.60. The second-order valence-corrected chi connectivity index (χ2v) is 10.9. The lowest BCUT2D eigenvalue weighted by molar-refractivity contribution is 0.334. The fourth-order valence-corrected chi connectivity index (χ4v) is 5.32. The zero-order valence-corrected chi connectivity index (χ0v) is 27.8. The fourth-order valence-electron chi connectivity index (χ4n) is 4.00. The fraction of sp³-hybridized carbons (Fsp3) is 0.667. The number of hydrogen-bond donors (Lipinski definition) is 3. The molecule has 4 nitrogen and oxygen atoms in total. The summed E-state index contributed by atoms with van der Waals surface area (Å²) >= 11 is 0. The molecule has 0 spiro atoms. The Labute approximate surface area is 240 Å². The molecule has 5 heteroatoms. The summed E-state index contributed by atoms with van der Waals surface area (Å²) in [6.07, 6.45) is 22.7. The zero-order chi connectivity index (χ0) is 29.2. The quantitative estimate of drug-likeness (QED) is 0.164. The minimum absolute atomic E-state index is 0.421. The van der Waals surface area contributed by atoms with Crippen molar-refractivity contribution in [3.05, 3.63) is 59.9 Å². The van der Waals surface area contributed by atoms with Crippen molar-refractivity contribution in [2.24, 2.45) is 5.92 Å². The topological polar surface area (TPSA) is 39.3 Å². The number of nitrogens with one attached hydrogen (secondary N) is 3. The van der Waals surface area contributed by atoms with Crippen molar-refractivity contribution in [1.82, 2.24) is 20.9 Å². The van der Waals surface area contributed by atoms with Gasteiger partial charge in [0.2, 0.25) is 0 Å². The first-order valence-electron chi connectivity index (χ1n) is 15.2. The van der Waals surface area contributed by atoms with E-state index in [0.717, 1.165) is 44.7 Å². The number of dihydropyridines is 1. The van der Waals surface area contributed by atoms with E-state index >= 15 is 0 Å². The molecule has 3 unspecified atom stereocenters. The van der Waals surface area contributed by atoms with Crippen molar-refractivity contribution in [1.29, 1.82) is 0 Å². The monoisotopic (exact) mass is 546 g/mol. The van der Waals surface area contributed by atoms with Gasteiger partial charge in [-0.05, 0) is 64.1 Å². The third kappa shape index (κ3) is 19.6. The van der Waals surface area contributed by atoms with Gasteiger partial charge in [-0.2, -0.15) is 0 Å². The van der Waals surface area contributed by atoms with Crippen LogP contribution in [0.2, 0.25) is 0 Å². The normalized spacial score (nSPS) is 19.6. The van der Waals surface area contributed by atoms with Gasteiger partial charge >= 0.3 is 0 Å². The van der Waals surface area contributed by atoms with Crippen molar-refractivity contribution in [3.8, 4) is 0 Å². The van der Waals surface area contributed by atoms with Crippen LogP contribution in [0.1, 0.15) is 81.1 Å². The number of rotatable bonds is 13. The van der Waals surface area contributed by atoms with Gasteiger partial charge in [0.05, 0.1) is 6.04 Å². The molecule has 2 heterocycles. The summed E-state index contributed by atoms with van der Waals surface area (Å²) in [6, 6.07) is 0.421. The molecule has 0 aromatic rings. The number of nitrogens with zero attached hydrogens (tertiary/aromatic N) is 1. The Kier molecular flexibility index (Phi) is 27.6. The van der Waals surface area contributed by atoms with Gasteiger partial charge in [-0.15, -0.1) is 0 Å². The lowest BCUT2D eigenvalue weighted by Gasteiger charge is -2.26. The van der Waals surface area contributed by atoms with Crippen LogP contribution in [-0.4, -0.2) is 69.2 Å². The minimum Gasteiger partial charge on any atom is -0.381 e. The Morgan fingerprint density at radius 1 is 1.16 bits per heavy atom. The average Bonchev–Trinajstić information content (AvgIpc) is 2.95. The minimum atomic E-state index is 0.421. The Morgan fingerprint density at radius 2 is 1.87 bits per heavy atom. The average molecular weight is 547 g/mol. The highest BCUT2D eigenvalue weighted by molar-refractivity contribution is 7.42. The molecule has 0 aliphatic carbocycles. The van der Waals surface area contributed by atoms with Crippen LogP contribution in [0.5, 0.6) is 0 Å².